The first-order valence-corrected chi connectivity index (χ1v) is 4.14. The number of nitrogens with zero attached hydrogens (tertiary/aromatic N) is 4. The third-order valence-electron chi connectivity index (χ3n) is 1.55. The largest absolute Gasteiger partial charge is 0.236 e. The second kappa shape index (κ2) is 3.14. The van der Waals surface area contributed by atoms with Crippen molar-refractivity contribution in [3.05, 3.63) is 35.2 Å². The molecule has 0 spiro atoms. The van der Waals surface area contributed by atoms with Crippen molar-refractivity contribution in [1.82, 2.24) is 20.0 Å². The van der Waals surface area contributed by atoms with Crippen LogP contribution in [0.4, 0.5) is 0 Å². The van der Waals surface area contributed by atoms with Crippen LogP contribution < -0.4 is 0 Å². The van der Waals surface area contributed by atoms with E-state index in [1.807, 2.05) is 6.92 Å². The van der Waals surface area contributed by atoms with Crippen LogP contribution in [0.5, 0.6) is 0 Å². The van der Waals surface area contributed by atoms with Gasteiger partial charge in [0.1, 0.15) is 0 Å². The van der Waals surface area contributed by atoms with Crippen LogP contribution in [0, 0.1) is 6.92 Å². The van der Waals surface area contributed by atoms with E-state index in [1.54, 1.807) is 29.2 Å². The fourth-order valence-electron chi connectivity index (χ4n) is 0.963. The zero-order valence-corrected chi connectivity index (χ0v) is 7.73. The lowest BCUT2D eigenvalue weighted by molar-refractivity contribution is 0.780. The summed E-state index contributed by atoms with van der Waals surface area (Å²) in [6.45, 7) is 1.87. The van der Waals surface area contributed by atoms with Gasteiger partial charge < -0.3 is 0 Å². The van der Waals surface area contributed by atoms with Crippen molar-refractivity contribution in [1.29, 1.82) is 0 Å². The molecule has 0 radical (unpaired) electrons. The molecule has 2 heterocycles. The van der Waals surface area contributed by atoms with Crippen molar-refractivity contribution in [2.24, 2.45) is 0 Å². The molecular weight excluding hydrogens is 188 g/mol. The van der Waals surface area contributed by atoms with Gasteiger partial charge in [0.05, 0.1) is 16.9 Å². The van der Waals surface area contributed by atoms with E-state index in [1.165, 1.54) is 0 Å². The maximum Gasteiger partial charge on any atom is 0.155 e. The number of hydrogen-bond acceptors (Lipinski definition) is 3. The van der Waals surface area contributed by atoms with E-state index in [0.717, 1.165) is 5.69 Å². The van der Waals surface area contributed by atoms with Crippen molar-refractivity contribution in [2.75, 3.05) is 0 Å². The predicted octanol–water partition coefficient (Wildman–Crippen LogP) is 1.62. The van der Waals surface area contributed by atoms with Crippen LogP contribution in [-0.2, 0) is 0 Å². The van der Waals surface area contributed by atoms with E-state index in [0.29, 0.717) is 10.8 Å². The van der Waals surface area contributed by atoms with Crippen LogP contribution in [0.1, 0.15) is 5.69 Å². The molecule has 0 fully saturated rings. The van der Waals surface area contributed by atoms with Gasteiger partial charge in [-0.05, 0) is 19.1 Å². The lowest BCUT2D eigenvalue weighted by atomic mass is 10.4. The normalized spacial score (nSPS) is 10.3. The Labute approximate surface area is 80.2 Å². The Morgan fingerprint density at radius 1 is 1.38 bits per heavy atom. The van der Waals surface area contributed by atoms with E-state index in [2.05, 4.69) is 15.3 Å². The molecule has 13 heavy (non-hydrogen) atoms. The first kappa shape index (κ1) is 8.19. The Balaban J connectivity index is 2.41. The van der Waals surface area contributed by atoms with Crippen LogP contribution in [0.15, 0.2) is 24.5 Å². The van der Waals surface area contributed by atoms with Gasteiger partial charge in [-0.2, -0.15) is 0 Å². The quantitative estimate of drug-likeness (QED) is 0.693. The second-order valence-electron chi connectivity index (χ2n) is 2.64. The number of hydrogen-bond donors (Lipinski definition) is 0. The van der Waals surface area contributed by atoms with Crippen LogP contribution >= 0.6 is 11.6 Å². The van der Waals surface area contributed by atoms with Crippen molar-refractivity contribution in [3.63, 3.8) is 0 Å². The summed E-state index contributed by atoms with van der Waals surface area (Å²) >= 11 is 5.70. The summed E-state index contributed by atoms with van der Waals surface area (Å²) in [5.41, 5.74) is 0.858. The summed E-state index contributed by atoms with van der Waals surface area (Å²) in [5.74, 6) is 0.713. The SMILES string of the molecule is Cc1cn(-c2ccc(Cl)cn2)nn1. The first-order valence-electron chi connectivity index (χ1n) is 3.76. The van der Waals surface area contributed by atoms with Gasteiger partial charge in [-0.3, -0.25) is 0 Å². The van der Waals surface area contributed by atoms with E-state index in [4.69, 9.17) is 11.6 Å². The Hall–Kier alpha value is -1.42. The minimum Gasteiger partial charge on any atom is -0.236 e. The van der Waals surface area contributed by atoms with Gasteiger partial charge in [-0.15, -0.1) is 5.10 Å². The zero-order chi connectivity index (χ0) is 9.26. The monoisotopic (exact) mass is 194 g/mol. The molecular formula is C8H7ClN4. The molecule has 4 nitrogen and oxygen atoms in total. The van der Waals surface area contributed by atoms with Gasteiger partial charge in [0.25, 0.3) is 0 Å². The molecule has 0 atom stereocenters. The van der Waals surface area contributed by atoms with E-state index >= 15 is 0 Å². The highest BCUT2D eigenvalue weighted by Gasteiger charge is 1.99. The lowest BCUT2D eigenvalue weighted by Crippen LogP contribution is -1.97. The Morgan fingerprint density at radius 3 is 2.77 bits per heavy atom. The van der Waals surface area contributed by atoms with Crippen LogP contribution in [0.25, 0.3) is 5.82 Å². The van der Waals surface area contributed by atoms with Gasteiger partial charge in [0, 0.05) is 6.20 Å². The second-order valence-corrected chi connectivity index (χ2v) is 3.08. The molecule has 2 rings (SSSR count). The Bertz CT molecular complexity index is 406. The predicted molar refractivity (Wildman–Crippen MR) is 48.9 cm³/mol. The van der Waals surface area contributed by atoms with Gasteiger partial charge in [-0.25, -0.2) is 9.67 Å². The third-order valence-corrected chi connectivity index (χ3v) is 1.78. The van der Waals surface area contributed by atoms with Gasteiger partial charge >= 0.3 is 0 Å². The maximum absolute atomic E-state index is 5.70. The summed E-state index contributed by atoms with van der Waals surface area (Å²) in [6, 6.07) is 3.55. The van der Waals surface area contributed by atoms with Crippen LogP contribution in [0.2, 0.25) is 5.02 Å². The van der Waals surface area contributed by atoms with Crippen molar-refractivity contribution < 1.29 is 0 Å². The molecule has 0 aliphatic rings. The average Bonchev–Trinajstić information content (AvgIpc) is 2.53. The molecule has 0 amide bonds. The molecule has 0 aliphatic carbocycles. The smallest absolute Gasteiger partial charge is 0.155 e. The summed E-state index contributed by atoms with van der Waals surface area (Å²) in [4.78, 5) is 4.09. The highest BCUT2D eigenvalue weighted by Crippen LogP contribution is 2.08. The van der Waals surface area contributed by atoms with Crippen LogP contribution in [-0.4, -0.2) is 20.0 Å². The molecule has 0 saturated carbocycles. The third kappa shape index (κ3) is 1.67. The fraction of sp³-hybridized carbons (Fsp3) is 0.125. The van der Waals surface area contributed by atoms with E-state index in [9.17, 15) is 0 Å². The fourth-order valence-corrected chi connectivity index (χ4v) is 1.07. The number of rotatable bonds is 1. The maximum atomic E-state index is 5.70. The standard InChI is InChI=1S/C8H7ClN4/c1-6-5-13(12-11-6)8-3-2-7(9)4-10-8/h2-5H,1H3. The summed E-state index contributed by atoms with van der Waals surface area (Å²) in [6.07, 6.45) is 3.38. The molecule has 0 N–H and O–H groups in total. The molecule has 0 saturated heterocycles. The molecule has 2 aromatic heterocycles. The van der Waals surface area contributed by atoms with Crippen molar-refractivity contribution >= 4 is 11.6 Å². The topological polar surface area (TPSA) is 43.6 Å². The molecule has 0 aromatic carbocycles. The summed E-state index contributed by atoms with van der Waals surface area (Å²) < 4.78 is 1.60. The zero-order valence-electron chi connectivity index (χ0n) is 6.98. The highest BCUT2D eigenvalue weighted by atomic mass is 35.5. The molecule has 5 heteroatoms. The lowest BCUT2D eigenvalue weighted by Gasteiger charge is -1.96. The number of aromatic nitrogens is 4. The highest BCUT2D eigenvalue weighted by molar-refractivity contribution is 6.30. The Morgan fingerprint density at radius 2 is 2.23 bits per heavy atom. The minimum absolute atomic E-state index is 0.612. The van der Waals surface area contributed by atoms with Crippen molar-refractivity contribution in [3.8, 4) is 5.82 Å². The van der Waals surface area contributed by atoms with Crippen molar-refractivity contribution in [2.45, 2.75) is 6.92 Å². The molecule has 2 aromatic rings. The van der Waals surface area contributed by atoms with Gasteiger partial charge in [-0.1, -0.05) is 16.8 Å². The van der Waals surface area contributed by atoms with E-state index in [-0.39, 0.29) is 0 Å². The average molecular weight is 195 g/mol. The number of halogens is 1. The molecule has 0 unspecified atom stereocenters. The number of pyridine rings is 1. The molecule has 0 aliphatic heterocycles. The molecule has 66 valence electrons. The van der Waals surface area contributed by atoms with E-state index < -0.39 is 0 Å². The summed E-state index contributed by atoms with van der Waals surface area (Å²) in [5, 5.41) is 8.34. The van der Waals surface area contributed by atoms with Crippen LogP contribution in [0.3, 0.4) is 0 Å². The molecule has 0 bridgehead atoms. The first-order chi connectivity index (χ1) is 6.25. The van der Waals surface area contributed by atoms with Gasteiger partial charge in [0.2, 0.25) is 0 Å². The van der Waals surface area contributed by atoms with Gasteiger partial charge in [0.15, 0.2) is 5.82 Å². The summed E-state index contributed by atoms with van der Waals surface area (Å²) in [7, 11) is 0. The minimum atomic E-state index is 0.612. The Kier molecular flexibility index (Phi) is 1.98. The number of aryl methyl sites for hydroxylation is 1.